The summed E-state index contributed by atoms with van der Waals surface area (Å²) in [5.41, 5.74) is 3.32. The first-order chi connectivity index (χ1) is 10.8. The normalized spacial score (nSPS) is 11.5. The number of azo groups is 1. The van der Waals surface area contributed by atoms with Gasteiger partial charge < -0.3 is 0 Å². The van der Waals surface area contributed by atoms with Crippen LogP contribution in [0.4, 0.5) is 11.4 Å². The van der Waals surface area contributed by atoms with Crippen LogP contribution in [0.5, 0.6) is 0 Å². The molecule has 108 valence electrons. The molecule has 22 heavy (non-hydrogen) atoms. The Morgan fingerprint density at radius 2 is 0.955 bits per heavy atom. The largest absolute Gasteiger partial charge is 0.299 e. The molecule has 2 aromatic rings. The predicted octanol–water partition coefficient (Wildman–Crippen LogP) is 4.53. The monoisotopic (exact) mass is 290 g/mol. The minimum atomic E-state index is 0.730. The lowest BCUT2D eigenvalue weighted by Gasteiger charge is -1.96. The van der Waals surface area contributed by atoms with Gasteiger partial charge in [-0.3, -0.25) is 9.59 Å². The van der Waals surface area contributed by atoms with Gasteiger partial charge in [0, 0.05) is 0 Å². The van der Waals surface area contributed by atoms with Crippen molar-refractivity contribution in [1.82, 2.24) is 0 Å². The van der Waals surface area contributed by atoms with Crippen LogP contribution in [0, 0.1) is 0 Å². The lowest BCUT2D eigenvalue weighted by Crippen LogP contribution is -1.72. The summed E-state index contributed by atoms with van der Waals surface area (Å²) in [7, 11) is 0. The van der Waals surface area contributed by atoms with Crippen molar-refractivity contribution in [3.63, 3.8) is 0 Å². The van der Waals surface area contributed by atoms with Gasteiger partial charge in [-0.2, -0.15) is 10.2 Å². The second-order valence-electron chi connectivity index (χ2n) is 4.37. The molecule has 0 spiro atoms. The highest BCUT2D eigenvalue weighted by Crippen LogP contribution is 2.19. The van der Waals surface area contributed by atoms with Crippen LogP contribution in [0.2, 0.25) is 0 Å². The second kappa shape index (κ2) is 8.21. The molecule has 2 rings (SSSR count). The Kier molecular flexibility index (Phi) is 5.70. The minimum Gasteiger partial charge on any atom is -0.299 e. The van der Waals surface area contributed by atoms with Crippen LogP contribution in [0.25, 0.3) is 12.2 Å². The van der Waals surface area contributed by atoms with E-state index in [1.807, 2.05) is 48.5 Å². The Labute approximate surface area is 128 Å². The lowest BCUT2D eigenvalue weighted by molar-refractivity contribution is -0.104. The summed E-state index contributed by atoms with van der Waals surface area (Å²) < 4.78 is 0. The zero-order valence-electron chi connectivity index (χ0n) is 11.8. The van der Waals surface area contributed by atoms with Gasteiger partial charge in [0.25, 0.3) is 0 Å². The summed E-state index contributed by atoms with van der Waals surface area (Å²) >= 11 is 0. The van der Waals surface area contributed by atoms with Gasteiger partial charge in [0.05, 0.1) is 11.4 Å². The van der Waals surface area contributed by atoms with E-state index < -0.39 is 0 Å². The van der Waals surface area contributed by atoms with Gasteiger partial charge in [0.2, 0.25) is 0 Å². The number of hydrogen-bond acceptors (Lipinski definition) is 4. The SMILES string of the molecule is O=C/C=C/c1ccc(N=Nc2ccc(/C=C/C=O)cc2)cc1. The second-order valence-corrected chi connectivity index (χ2v) is 4.37. The maximum atomic E-state index is 10.2. The summed E-state index contributed by atoms with van der Waals surface area (Å²) in [5.74, 6) is 0. The Balaban J connectivity index is 2.04. The van der Waals surface area contributed by atoms with Gasteiger partial charge >= 0.3 is 0 Å². The van der Waals surface area contributed by atoms with Gasteiger partial charge in [-0.15, -0.1) is 0 Å². The van der Waals surface area contributed by atoms with Crippen molar-refractivity contribution in [3.8, 4) is 0 Å². The first-order valence-electron chi connectivity index (χ1n) is 6.67. The van der Waals surface area contributed by atoms with Crippen LogP contribution in [-0.2, 0) is 9.59 Å². The molecule has 0 atom stereocenters. The Bertz CT molecular complexity index is 648. The molecule has 0 aliphatic carbocycles. The van der Waals surface area contributed by atoms with E-state index in [1.165, 1.54) is 12.2 Å². The average molecular weight is 290 g/mol. The number of carbonyl (C=O) groups is 2. The Morgan fingerprint density at radius 1 is 0.591 bits per heavy atom. The molecule has 0 radical (unpaired) electrons. The van der Waals surface area contributed by atoms with Gasteiger partial charge in [-0.1, -0.05) is 36.4 Å². The van der Waals surface area contributed by atoms with Crippen LogP contribution in [0.15, 0.2) is 70.9 Å². The fourth-order valence-electron chi connectivity index (χ4n) is 1.72. The van der Waals surface area contributed by atoms with Crippen molar-refractivity contribution in [2.45, 2.75) is 0 Å². The maximum absolute atomic E-state index is 10.2. The highest BCUT2D eigenvalue weighted by atomic mass is 16.1. The molecule has 0 aliphatic rings. The molecule has 4 nitrogen and oxygen atoms in total. The summed E-state index contributed by atoms with van der Waals surface area (Å²) in [5, 5.41) is 8.29. The fraction of sp³-hybridized carbons (Fsp3) is 0. The number of aldehydes is 2. The van der Waals surface area contributed by atoms with Gasteiger partial charge in [-0.25, -0.2) is 0 Å². The van der Waals surface area contributed by atoms with E-state index in [1.54, 1.807) is 12.2 Å². The number of carbonyl (C=O) groups excluding carboxylic acids is 2. The number of benzene rings is 2. The van der Waals surface area contributed by atoms with E-state index in [-0.39, 0.29) is 0 Å². The maximum Gasteiger partial charge on any atom is 0.142 e. The summed E-state index contributed by atoms with van der Waals surface area (Å²) in [6, 6.07) is 14.8. The molecule has 0 N–H and O–H groups in total. The van der Waals surface area contributed by atoms with Gasteiger partial charge in [-0.05, 0) is 47.5 Å². The minimum absolute atomic E-state index is 0.730. The fourth-order valence-corrected chi connectivity index (χ4v) is 1.72. The van der Waals surface area contributed by atoms with Crippen molar-refractivity contribution < 1.29 is 9.59 Å². The zero-order chi connectivity index (χ0) is 15.6. The highest BCUT2D eigenvalue weighted by Gasteiger charge is 1.92. The number of nitrogens with zero attached hydrogens (tertiary/aromatic N) is 2. The topological polar surface area (TPSA) is 58.9 Å². The van der Waals surface area contributed by atoms with E-state index in [0.29, 0.717) is 0 Å². The van der Waals surface area contributed by atoms with Crippen molar-refractivity contribution in [2.75, 3.05) is 0 Å². The van der Waals surface area contributed by atoms with E-state index in [9.17, 15) is 9.59 Å². The number of hydrogen-bond donors (Lipinski definition) is 0. The molecule has 0 aromatic heterocycles. The zero-order valence-corrected chi connectivity index (χ0v) is 11.8. The van der Waals surface area contributed by atoms with Crippen molar-refractivity contribution in [2.24, 2.45) is 10.2 Å². The van der Waals surface area contributed by atoms with E-state index in [0.717, 1.165) is 35.1 Å². The first kappa shape index (κ1) is 15.3. The molecule has 0 aliphatic heterocycles. The molecule has 0 heterocycles. The smallest absolute Gasteiger partial charge is 0.142 e. The van der Waals surface area contributed by atoms with Crippen LogP contribution >= 0.6 is 0 Å². The van der Waals surface area contributed by atoms with Crippen LogP contribution in [-0.4, -0.2) is 12.6 Å². The molecule has 0 unspecified atom stereocenters. The third kappa shape index (κ3) is 4.76. The first-order valence-corrected chi connectivity index (χ1v) is 6.67. The van der Waals surface area contributed by atoms with Crippen molar-refractivity contribution >= 4 is 36.1 Å². The highest BCUT2D eigenvalue weighted by molar-refractivity contribution is 5.74. The molecule has 4 heteroatoms. The Hall–Kier alpha value is -3.14. The molecular formula is C18H14N2O2. The molecular weight excluding hydrogens is 276 g/mol. The lowest BCUT2D eigenvalue weighted by atomic mass is 10.2. The standard InChI is InChI=1S/C18H14N2O2/c21-13-1-3-15-5-9-17(10-6-15)19-20-18-11-7-16(8-12-18)4-2-14-22/h1-14H/b3-1+,4-2+,20-19?. The third-order valence-corrected chi connectivity index (χ3v) is 2.80. The van der Waals surface area contributed by atoms with Crippen LogP contribution < -0.4 is 0 Å². The summed E-state index contributed by atoms with van der Waals surface area (Å²) in [4.78, 5) is 20.5. The molecule has 2 aromatic carbocycles. The average Bonchev–Trinajstić information content (AvgIpc) is 2.58. The molecule has 0 saturated heterocycles. The van der Waals surface area contributed by atoms with Gasteiger partial charge in [0.1, 0.15) is 12.6 Å². The van der Waals surface area contributed by atoms with Crippen LogP contribution in [0.3, 0.4) is 0 Å². The number of allylic oxidation sites excluding steroid dienone is 2. The van der Waals surface area contributed by atoms with E-state index in [4.69, 9.17) is 0 Å². The van der Waals surface area contributed by atoms with Crippen molar-refractivity contribution in [3.05, 3.63) is 71.8 Å². The number of rotatable bonds is 6. The quantitative estimate of drug-likeness (QED) is 0.446. The summed E-state index contributed by atoms with van der Waals surface area (Å²) in [6.45, 7) is 0. The van der Waals surface area contributed by atoms with E-state index >= 15 is 0 Å². The predicted molar refractivity (Wildman–Crippen MR) is 87.3 cm³/mol. The summed E-state index contributed by atoms with van der Waals surface area (Å²) in [6.07, 6.45) is 7.80. The van der Waals surface area contributed by atoms with Crippen LogP contribution in [0.1, 0.15) is 11.1 Å². The van der Waals surface area contributed by atoms with E-state index in [2.05, 4.69) is 10.2 Å². The van der Waals surface area contributed by atoms with Gasteiger partial charge in [0.15, 0.2) is 0 Å². The third-order valence-electron chi connectivity index (χ3n) is 2.80. The molecule has 0 bridgehead atoms. The molecule has 0 fully saturated rings. The Morgan fingerprint density at radius 3 is 1.27 bits per heavy atom. The molecule has 0 saturated carbocycles. The van der Waals surface area contributed by atoms with Crippen molar-refractivity contribution in [1.29, 1.82) is 0 Å². The molecule has 0 amide bonds.